The van der Waals surface area contributed by atoms with Gasteiger partial charge in [-0.25, -0.2) is 0 Å². The molecule has 0 aliphatic carbocycles. The Labute approximate surface area is 213 Å². The summed E-state index contributed by atoms with van der Waals surface area (Å²) in [5.41, 5.74) is 2.13. The molecular formula is C28H36N2O6. The summed E-state index contributed by atoms with van der Waals surface area (Å²) in [7, 11) is 1.54. The summed E-state index contributed by atoms with van der Waals surface area (Å²) in [5, 5.41) is 11.5. The highest BCUT2D eigenvalue weighted by Gasteiger charge is 2.46. The van der Waals surface area contributed by atoms with Crippen molar-refractivity contribution in [3.05, 3.63) is 59.2 Å². The third-order valence-corrected chi connectivity index (χ3v) is 6.23. The normalized spacial score (nSPS) is 16.9. The topological polar surface area (TPSA) is 88.5 Å². The molecule has 8 heteroatoms. The fourth-order valence-electron chi connectivity index (χ4n) is 4.48. The van der Waals surface area contributed by atoms with E-state index in [9.17, 15) is 14.7 Å². The van der Waals surface area contributed by atoms with E-state index in [2.05, 4.69) is 18.7 Å². The number of anilines is 1. The van der Waals surface area contributed by atoms with Gasteiger partial charge in [0, 0.05) is 38.5 Å². The minimum Gasteiger partial charge on any atom is -0.507 e. The lowest BCUT2D eigenvalue weighted by atomic mass is 9.94. The van der Waals surface area contributed by atoms with E-state index in [1.807, 2.05) is 38.1 Å². The Morgan fingerprint density at radius 3 is 2.22 bits per heavy atom. The molecule has 1 N–H and O–H groups in total. The quantitative estimate of drug-likeness (QED) is 0.265. The molecule has 1 amide bonds. The van der Waals surface area contributed by atoms with Crippen LogP contribution in [0.25, 0.3) is 5.76 Å². The molecule has 1 fully saturated rings. The largest absolute Gasteiger partial charge is 0.507 e. The van der Waals surface area contributed by atoms with Gasteiger partial charge >= 0.3 is 0 Å². The number of Topliss-reactive ketones (excluding diaryl/α,β-unsaturated/α-hetero) is 1. The summed E-state index contributed by atoms with van der Waals surface area (Å²) in [6.07, 6.45) is 0. The van der Waals surface area contributed by atoms with Gasteiger partial charge in [-0.1, -0.05) is 12.1 Å². The average Bonchev–Trinajstić information content (AvgIpc) is 3.13. The van der Waals surface area contributed by atoms with Crippen molar-refractivity contribution in [2.45, 2.75) is 33.7 Å². The number of nitrogens with zero attached hydrogens (tertiary/aromatic N) is 2. The van der Waals surface area contributed by atoms with Crippen molar-refractivity contribution in [1.82, 2.24) is 4.90 Å². The molecule has 0 saturated carbocycles. The number of amides is 1. The van der Waals surface area contributed by atoms with Crippen LogP contribution in [0.2, 0.25) is 0 Å². The summed E-state index contributed by atoms with van der Waals surface area (Å²) < 4.78 is 16.5. The zero-order chi connectivity index (χ0) is 26.2. The van der Waals surface area contributed by atoms with E-state index in [0.717, 1.165) is 24.3 Å². The highest BCUT2D eigenvalue weighted by molar-refractivity contribution is 6.46. The number of likely N-dealkylation sites (tertiary alicyclic amines) is 1. The number of rotatable bonds is 12. The van der Waals surface area contributed by atoms with Gasteiger partial charge in [-0.3, -0.25) is 9.59 Å². The standard InChI is InChI=1S/C28H36N2O6/c1-6-29(7-2)20-12-10-19(11-13-20)25-24(27(32)28(33)30(25)16-17-34-5)26(31)22-15-14-21(35-8-3)18-23(22)36-9-4/h10-15,18,25,31H,6-9,16-17H2,1-5H3/b26-24-. The maximum absolute atomic E-state index is 13.3. The van der Waals surface area contributed by atoms with Crippen molar-refractivity contribution in [2.24, 2.45) is 0 Å². The summed E-state index contributed by atoms with van der Waals surface area (Å²) in [6, 6.07) is 12.0. The second-order valence-electron chi connectivity index (χ2n) is 8.27. The van der Waals surface area contributed by atoms with Crippen molar-refractivity contribution < 1.29 is 28.9 Å². The van der Waals surface area contributed by atoms with Crippen molar-refractivity contribution in [3.63, 3.8) is 0 Å². The Morgan fingerprint density at radius 1 is 0.972 bits per heavy atom. The first-order valence-corrected chi connectivity index (χ1v) is 12.4. The number of carbonyl (C=O) groups excluding carboxylic acids is 2. The highest BCUT2D eigenvalue weighted by atomic mass is 16.5. The number of ketones is 1. The zero-order valence-corrected chi connectivity index (χ0v) is 21.7. The predicted octanol–water partition coefficient (Wildman–Crippen LogP) is 4.40. The number of hydrogen-bond donors (Lipinski definition) is 1. The van der Waals surface area contributed by atoms with E-state index in [1.165, 1.54) is 4.90 Å². The fraction of sp³-hybridized carbons (Fsp3) is 0.429. The van der Waals surface area contributed by atoms with Crippen LogP contribution in [0.3, 0.4) is 0 Å². The van der Waals surface area contributed by atoms with Crippen LogP contribution in [0, 0.1) is 0 Å². The Kier molecular flexibility index (Phi) is 9.36. The smallest absolute Gasteiger partial charge is 0.295 e. The second kappa shape index (κ2) is 12.4. The van der Waals surface area contributed by atoms with Crippen LogP contribution in [0.5, 0.6) is 11.5 Å². The van der Waals surface area contributed by atoms with Gasteiger partial charge in [0.15, 0.2) is 0 Å². The molecule has 1 aliphatic heterocycles. The molecule has 194 valence electrons. The molecule has 0 radical (unpaired) electrons. The number of benzene rings is 2. The molecule has 1 unspecified atom stereocenters. The maximum Gasteiger partial charge on any atom is 0.295 e. The van der Waals surface area contributed by atoms with E-state index in [-0.39, 0.29) is 24.5 Å². The van der Waals surface area contributed by atoms with E-state index < -0.39 is 17.7 Å². The van der Waals surface area contributed by atoms with Gasteiger partial charge in [-0.2, -0.15) is 0 Å². The van der Waals surface area contributed by atoms with Gasteiger partial charge in [0.1, 0.15) is 17.3 Å². The Hall–Kier alpha value is -3.52. The third kappa shape index (κ3) is 5.49. The first-order valence-electron chi connectivity index (χ1n) is 12.4. The number of hydrogen-bond acceptors (Lipinski definition) is 7. The number of aliphatic hydroxyl groups is 1. The highest BCUT2D eigenvalue weighted by Crippen LogP contribution is 2.41. The maximum atomic E-state index is 13.3. The Bertz CT molecular complexity index is 1090. The minimum atomic E-state index is -0.757. The second-order valence-corrected chi connectivity index (χ2v) is 8.27. The average molecular weight is 497 g/mol. The van der Waals surface area contributed by atoms with E-state index >= 15 is 0 Å². The van der Waals surface area contributed by atoms with E-state index in [4.69, 9.17) is 14.2 Å². The van der Waals surface area contributed by atoms with E-state index in [0.29, 0.717) is 30.3 Å². The van der Waals surface area contributed by atoms with Crippen LogP contribution in [-0.4, -0.2) is 68.3 Å². The van der Waals surface area contributed by atoms with Crippen molar-refractivity contribution in [3.8, 4) is 11.5 Å². The van der Waals surface area contributed by atoms with Gasteiger partial charge in [0.2, 0.25) is 0 Å². The monoisotopic (exact) mass is 496 g/mol. The van der Waals surface area contributed by atoms with Crippen LogP contribution in [-0.2, 0) is 14.3 Å². The number of carbonyl (C=O) groups is 2. The number of aliphatic hydroxyl groups excluding tert-OH is 1. The zero-order valence-electron chi connectivity index (χ0n) is 21.7. The summed E-state index contributed by atoms with van der Waals surface area (Å²) in [4.78, 5) is 30.0. The van der Waals surface area contributed by atoms with Crippen LogP contribution >= 0.6 is 0 Å². The third-order valence-electron chi connectivity index (χ3n) is 6.23. The van der Waals surface area contributed by atoms with Crippen LogP contribution in [0.15, 0.2) is 48.0 Å². The SMILES string of the molecule is CCOc1ccc(/C(O)=C2/C(=O)C(=O)N(CCOC)C2c2ccc(N(CC)CC)cc2)c(OCC)c1. The lowest BCUT2D eigenvalue weighted by Crippen LogP contribution is -2.32. The molecule has 1 heterocycles. The fourth-order valence-corrected chi connectivity index (χ4v) is 4.48. The Morgan fingerprint density at radius 2 is 1.64 bits per heavy atom. The van der Waals surface area contributed by atoms with Gasteiger partial charge < -0.3 is 29.1 Å². The van der Waals surface area contributed by atoms with Gasteiger partial charge in [-0.15, -0.1) is 0 Å². The Balaban J connectivity index is 2.15. The van der Waals surface area contributed by atoms with E-state index in [1.54, 1.807) is 25.3 Å². The van der Waals surface area contributed by atoms with Gasteiger partial charge in [-0.05, 0) is 57.5 Å². The molecule has 0 bridgehead atoms. The van der Waals surface area contributed by atoms with Crippen LogP contribution < -0.4 is 14.4 Å². The molecule has 3 rings (SSSR count). The lowest BCUT2D eigenvalue weighted by molar-refractivity contribution is -0.140. The van der Waals surface area contributed by atoms with Gasteiger partial charge in [0.25, 0.3) is 11.7 Å². The molecule has 1 aliphatic rings. The number of methoxy groups -OCH3 is 1. The van der Waals surface area contributed by atoms with Crippen LogP contribution in [0.1, 0.15) is 44.9 Å². The summed E-state index contributed by atoms with van der Waals surface area (Å²) in [6.45, 7) is 10.9. The summed E-state index contributed by atoms with van der Waals surface area (Å²) in [5.74, 6) is -0.730. The predicted molar refractivity (Wildman–Crippen MR) is 140 cm³/mol. The molecule has 1 saturated heterocycles. The van der Waals surface area contributed by atoms with Crippen molar-refractivity contribution >= 4 is 23.1 Å². The molecule has 0 aromatic heterocycles. The van der Waals surface area contributed by atoms with Crippen molar-refractivity contribution in [1.29, 1.82) is 0 Å². The number of ether oxygens (including phenoxy) is 3. The first kappa shape index (κ1) is 27.1. The first-order chi connectivity index (χ1) is 17.4. The molecule has 2 aromatic carbocycles. The minimum absolute atomic E-state index is 0.0248. The molecule has 2 aromatic rings. The molecular weight excluding hydrogens is 460 g/mol. The molecule has 36 heavy (non-hydrogen) atoms. The summed E-state index contributed by atoms with van der Waals surface area (Å²) >= 11 is 0. The molecule has 1 atom stereocenters. The lowest BCUT2D eigenvalue weighted by Gasteiger charge is -2.26. The molecule has 0 spiro atoms. The van der Waals surface area contributed by atoms with Crippen molar-refractivity contribution in [2.75, 3.05) is 51.5 Å². The van der Waals surface area contributed by atoms with Gasteiger partial charge in [0.05, 0.1) is 37.0 Å². The molecule has 8 nitrogen and oxygen atoms in total. The van der Waals surface area contributed by atoms with Crippen LogP contribution in [0.4, 0.5) is 5.69 Å².